The van der Waals surface area contributed by atoms with Gasteiger partial charge in [-0.1, -0.05) is 0 Å². The topological polar surface area (TPSA) is 61.0 Å². The Kier molecular flexibility index (Phi) is 3.56. The molecule has 0 bridgehead atoms. The van der Waals surface area contributed by atoms with Crippen molar-refractivity contribution in [2.75, 3.05) is 25.0 Å². The van der Waals surface area contributed by atoms with Crippen LogP contribution in [0.5, 0.6) is 0 Å². The summed E-state index contributed by atoms with van der Waals surface area (Å²) >= 11 is 0. The van der Waals surface area contributed by atoms with Gasteiger partial charge in [0, 0.05) is 18.7 Å². The molecule has 0 spiro atoms. The van der Waals surface area contributed by atoms with E-state index in [2.05, 4.69) is 27.1 Å². The van der Waals surface area contributed by atoms with Crippen LogP contribution in [0.2, 0.25) is 0 Å². The van der Waals surface area contributed by atoms with Crippen LogP contribution in [0.15, 0.2) is 17.2 Å². The van der Waals surface area contributed by atoms with Crippen LogP contribution < -0.4 is 10.9 Å². The lowest BCUT2D eigenvalue weighted by atomic mass is 10.3. The molecule has 2 heterocycles. The van der Waals surface area contributed by atoms with Gasteiger partial charge in [0.2, 0.25) is 0 Å². The van der Waals surface area contributed by atoms with Crippen molar-refractivity contribution in [3.63, 3.8) is 0 Å². The number of anilines is 1. The number of hydrogen-bond acceptors (Lipinski definition) is 4. The average molecular weight is 222 g/mol. The molecule has 0 aromatic carbocycles. The van der Waals surface area contributed by atoms with Crippen LogP contribution in [-0.2, 0) is 0 Å². The van der Waals surface area contributed by atoms with E-state index < -0.39 is 0 Å². The van der Waals surface area contributed by atoms with Gasteiger partial charge in [0.25, 0.3) is 5.56 Å². The molecule has 5 nitrogen and oxygen atoms in total. The van der Waals surface area contributed by atoms with E-state index in [1.54, 1.807) is 0 Å². The molecule has 2 rings (SSSR count). The maximum Gasteiger partial charge on any atom is 0.252 e. The Balaban J connectivity index is 1.86. The van der Waals surface area contributed by atoms with Gasteiger partial charge in [-0.25, -0.2) is 4.98 Å². The first kappa shape index (κ1) is 11.1. The average Bonchev–Trinajstić information content (AvgIpc) is 2.70. The predicted octanol–water partition coefficient (Wildman–Crippen LogP) is 0.666. The fraction of sp³-hybridized carbons (Fsp3) is 0.636. The largest absolute Gasteiger partial charge is 0.366 e. The van der Waals surface area contributed by atoms with Crippen LogP contribution in [0.25, 0.3) is 0 Å². The summed E-state index contributed by atoms with van der Waals surface area (Å²) in [6.07, 6.45) is 4.03. The van der Waals surface area contributed by atoms with Gasteiger partial charge < -0.3 is 15.2 Å². The molecule has 1 atom stereocenters. The molecule has 1 aliphatic heterocycles. The zero-order valence-electron chi connectivity index (χ0n) is 9.57. The minimum Gasteiger partial charge on any atom is -0.366 e. The summed E-state index contributed by atoms with van der Waals surface area (Å²) in [5.74, 6) is 0.649. The first-order valence-corrected chi connectivity index (χ1v) is 5.77. The van der Waals surface area contributed by atoms with Gasteiger partial charge in [0.05, 0.1) is 6.33 Å². The van der Waals surface area contributed by atoms with Crippen molar-refractivity contribution in [3.8, 4) is 0 Å². The van der Waals surface area contributed by atoms with Gasteiger partial charge in [0.15, 0.2) is 0 Å². The molecule has 0 aliphatic carbocycles. The van der Waals surface area contributed by atoms with Gasteiger partial charge in [-0.3, -0.25) is 4.79 Å². The predicted molar refractivity (Wildman–Crippen MR) is 63.6 cm³/mol. The van der Waals surface area contributed by atoms with Gasteiger partial charge >= 0.3 is 0 Å². The maximum absolute atomic E-state index is 11.1. The molecule has 1 aliphatic rings. The van der Waals surface area contributed by atoms with Crippen LogP contribution in [0.3, 0.4) is 0 Å². The molecule has 16 heavy (non-hydrogen) atoms. The molecule has 0 radical (unpaired) electrons. The standard InChI is InChI=1S/C11H18N4O/c1-9(7-15-4-2-3-5-15)14-10-6-11(16)13-8-12-10/h6,8-9H,2-5,7H2,1H3,(H2,12,13,14,16). The van der Waals surface area contributed by atoms with Crippen molar-refractivity contribution < 1.29 is 0 Å². The summed E-state index contributed by atoms with van der Waals surface area (Å²) < 4.78 is 0. The lowest BCUT2D eigenvalue weighted by Crippen LogP contribution is -2.33. The molecule has 0 amide bonds. The van der Waals surface area contributed by atoms with E-state index in [0.717, 1.165) is 6.54 Å². The summed E-state index contributed by atoms with van der Waals surface area (Å²) in [5.41, 5.74) is -0.120. The van der Waals surface area contributed by atoms with Crippen LogP contribution in [0.1, 0.15) is 19.8 Å². The number of rotatable bonds is 4. The minimum atomic E-state index is -0.120. The van der Waals surface area contributed by atoms with Crippen molar-refractivity contribution in [2.24, 2.45) is 0 Å². The van der Waals surface area contributed by atoms with Crippen molar-refractivity contribution >= 4 is 5.82 Å². The van der Waals surface area contributed by atoms with Crippen molar-refractivity contribution in [1.29, 1.82) is 0 Å². The Morgan fingerprint density at radius 2 is 2.31 bits per heavy atom. The number of aromatic amines is 1. The smallest absolute Gasteiger partial charge is 0.252 e. The Hall–Kier alpha value is -1.36. The molecule has 1 unspecified atom stereocenters. The zero-order chi connectivity index (χ0) is 11.4. The summed E-state index contributed by atoms with van der Waals surface area (Å²) in [6.45, 7) is 5.50. The van der Waals surface area contributed by atoms with Gasteiger partial charge in [-0.05, 0) is 32.9 Å². The SMILES string of the molecule is CC(CN1CCCC1)Nc1cc(=O)[nH]cn1. The second kappa shape index (κ2) is 5.12. The number of nitrogens with one attached hydrogen (secondary N) is 2. The lowest BCUT2D eigenvalue weighted by molar-refractivity contribution is 0.327. The Morgan fingerprint density at radius 3 is 3.00 bits per heavy atom. The second-order valence-corrected chi connectivity index (χ2v) is 4.35. The first-order valence-electron chi connectivity index (χ1n) is 5.77. The van der Waals surface area contributed by atoms with Crippen LogP contribution in [-0.4, -0.2) is 40.5 Å². The van der Waals surface area contributed by atoms with E-state index in [9.17, 15) is 4.79 Å². The van der Waals surface area contributed by atoms with Crippen LogP contribution in [0.4, 0.5) is 5.82 Å². The van der Waals surface area contributed by atoms with Crippen LogP contribution in [0, 0.1) is 0 Å². The number of likely N-dealkylation sites (tertiary alicyclic amines) is 1. The second-order valence-electron chi connectivity index (χ2n) is 4.35. The fourth-order valence-corrected chi connectivity index (χ4v) is 2.10. The molecule has 1 saturated heterocycles. The highest BCUT2D eigenvalue weighted by atomic mass is 16.1. The molecule has 0 saturated carbocycles. The van der Waals surface area contributed by atoms with Crippen molar-refractivity contribution in [3.05, 3.63) is 22.7 Å². The van der Waals surface area contributed by atoms with E-state index in [1.165, 1.54) is 38.3 Å². The summed E-state index contributed by atoms with van der Waals surface area (Å²) in [7, 11) is 0. The van der Waals surface area contributed by atoms with E-state index in [0.29, 0.717) is 11.9 Å². The highest BCUT2D eigenvalue weighted by Crippen LogP contribution is 2.09. The zero-order valence-corrected chi connectivity index (χ0v) is 9.57. The third kappa shape index (κ3) is 3.06. The van der Waals surface area contributed by atoms with Gasteiger partial charge in [-0.2, -0.15) is 0 Å². The Bertz CT molecular complexity index is 384. The fourth-order valence-electron chi connectivity index (χ4n) is 2.10. The summed E-state index contributed by atoms with van der Waals surface area (Å²) in [6, 6.07) is 1.80. The Labute approximate surface area is 94.9 Å². The quantitative estimate of drug-likeness (QED) is 0.786. The van der Waals surface area contributed by atoms with Crippen LogP contribution >= 0.6 is 0 Å². The highest BCUT2D eigenvalue weighted by molar-refractivity contribution is 5.32. The van der Waals surface area contributed by atoms with Crippen molar-refractivity contribution in [2.45, 2.75) is 25.8 Å². The highest BCUT2D eigenvalue weighted by Gasteiger charge is 2.14. The van der Waals surface area contributed by atoms with E-state index in [-0.39, 0.29) is 5.56 Å². The normalized spacial score (nSPS) is 18.6. The first-order chi connectivity index (χ1) is 7.74. The number of hydrogen-bond donors (Lipinski definition) is 2. The maximum atomic E-state index is 11.1. The number of H-pyrrole nitrogens is 1. The van der Waals surface area contributed by atoms with Gasteiger partial charge in [-0.15, -0.1) is 0 Å². The molecule has 88 valence electrons. The number of aromatic nitrogens is 2. The van der Waals surface area contributed by atoms with Gasteiger partial charge in [0.1, 0.15) is 5.82 Å². The van der Waals surface area contributed by atoms with E-state index >= 15 is 0 Å². The molecular formula is C11H18N4O. The van der Waals surface area contributed by atoms with Crippen molar-refractivity contribution in [1.82, 2.24) is 14.9 Å². The molecule has 1 aromatic rings. The third-order valence-electron chi connectivity index (χ3n) is 2.80. The lowest BCUT2D eigenvalue weighted by Gasteiger charge is -2.21. The molecular weight excluding hydrogens is 204 g/mol. The Morgan fingerprint density at radius 1 is 1.56 bits per heavy atom. The van der Waals surface area contributed by atoms with E-state index in [1.807, 2.05) is 0 Å². The van der Waals surface area contributed by atoms with E-state index in [4.69, 9.17) is 0 Å². The summed E-state index contributed by atoms with van der Waals surface area (Å²) in [4.78, 5) is 20.1. The molecule has 1 fully saturated rings. The monoisotopic (exact) mass is 222 g/mol. The minimum absolute atomic E-state index is 0.120. The molecule has 1 aromatic heterocycles. The molecule has 5 heteroatoms. The number of nitrogens with zero attached hydrogens (tertiary/aromatic N) is 2. The summed E-state index contributed by atoms with van der Waals surface area (Å²) in [5, 5.41) is 3.24. The molecule has 2 N–H and O–H groups in total. The third-order valence-corrected chi connectivity index (χ3v) is 2.80.